The van der Waals surface area contributed by atoms with E-state index in [1.165, 1.54) is 22.0 Å². The molecule has 4 rings (SSSR count). The summed E-state index contributed by atoms with van der Waals surface area (Å²) in [6.07, 6.45) is 4.08. The minimum absolute atomic E-state index is 0.631. The van der Waals surface area contributed by atoms with Crippen LogP contribution < -0.4 is 4.74 Å². The first-order valence-corrected chi connectivity index (χ1v) is 7.97. The molecule has 0 fully saturated rings. The van der Waals surface area contributed by atoms with Gasteiger partial charge in [0, 0.05) is 47.0 Å². The molecule has 3 nitrogen and oxygen atoms in total. The van der Waals surface area contributed by atoms with Crippen LogP contribution in [0.2, 0.25) is 0 Å². The van der Waals surface area contributed by atoms with Gasteiger partial charge in [0.05, 0.1) is 7.11 Å². The molecule has 0 saturated heterocycles. The fraction of sp³-hybridized carbons (Fsp3) is 0.0952. The molecule has 4 aromatic rings. The monoisotopic (exact) mass is 314 g/mol. The fourth-order valence-electron chi connectivity index (χ4n) is 3.05. The highest BCUT2D eigenvalue weighted by molar-refractivity contribution is 5.96. The summed E-state index contributed by atoms with van der Waals surface area (Å²) < 4.78 is 7.46. The van der Waals surface area contributed by atoms with Gasteiger partial charge in [0.1, 0.15) is 0 Å². The van der Waals surface area contributed by atoms with E-state index in [0.717, 1.165) is 12.1 Å². The summed E-state index contributed by atoms with van der Waals surface area (Å²) in [4.78, 5) is 4.34. The van der Waals surface area contributed by atoms with Crippen molar-refractivity contribution in [1.29, 1.82) is 0 Å². The zero-order valence-electron chi connectivity index (χ0n) is 13.5. The zero-order valence-corrected chi connectivity index (χ0v) is 13.5. The van der Waals surface area contributed by atoms with E-state index in [1.54, 1.807) is 7.11 Å². The highest BCUT2D eigenvalue weighted by Crippen LogP contribution is 2.31. The lowest BCUT2D eigenvalue weighted by Crippen LogP contribution is -1.97. The fourth-order valence-corrected chi connectivity index (χ4v) is 3.05. The quantitative estimate of drug-likeness (QED) is 0.543. The second-order valence-electron chi connectivity index (χ2n) is 5.76. The van der Waals surface area contributed by atoms with Crippen LogP contribution in [0.4, 0.5) is 0 Å². The Morgan fingerprint density at radius 2 is 1.71 bits per heavy atom. The number of benzene rings is 2. The van der Waals surface area contributed by atoms with E-state index in [4.69, 9.17) is 4.74 Å². The molecule has 0 bridgehead atoms. The highest BCUT2D eigenvalue weighted by Gasteiger charge is 2.10. The molecule has 0 atom stereocenters. The summed E-state index contributed by atoms with van der Waals surface area (Å²) in [5.74, 6) is 0.631. The first kappa shape index (κ1) is 14.5. The van der Waals surface area contributed by atoms with E-state index in [1.807, 2.05) is 18.3 Å². The van der Waals surface area contributed by atoms with Gasteiger partial charge in [-0.2, -0.15) is 0 Å². The van der Waals surface area contributed by atoms with Crippen molar-refractivity contribution in [3.63, 3.8) is 0 Å². The summed E-state index contributed by atoms with van der Waals surface area (Å²) in [7, 11) is 1.63. The minimum Gasteiger partial charge on any atom is -0.481 e. The SMILES string of the molecule is COc1ccc(-c2cn(Cc3ccccc3)c3ccccc23)cn1. The largest absolute Gasteiger partial charge is 0.481 e. The minimum atomic E-state index is 0.631. The van der Waals surface area contributed by atoms with Gasteiger partial charge in [0.15, 0.2) is 0 Å². The van der Waals surface area contributed by atoms with Crippen LogP contribution in [-0.4, -0.2) is 16.7 Å². The van der Waals surface area contributed by atoms with Crippen LogP contribution in [0.1, 0.15) is 5.56 Å². The molecule has 24 heavy (non-hydrogen) atoms. The van der Waals surface area contributed by atoms with Gasteiger partial charge in [-0.3, -0.25) is 0 Å². The van der Waals surface area contributed by atoms with Crippen LogP contribution >= 0.6 is 0 Å². The Kier molecular flexibility index (Phi) is 3.75. The van der Waals surface area contributed by atoms with E-state index in [9.17, 15) is 0 Å². The van der Waals surface area contributed by atoms with Crippen LogP contribution in [0.15, 0.2) is 79.1 Å². The topological polar surface area (TPSA) is 27.1 Å². The van der Waals surface area contributed by atoms with Crippen LogP contribution in [-0.2, 0) is 6.54 Å². The predicted molar refractivity (Wildman–Crippen MR) is 97.3 cm³/mol. The number of nitrogens with zero attached hydrogens (tertiary/aromatic N) is 2. The van der Waals surface area contributed by atoms with Gasteiger partial charge >= 0.3 is 0 Å². The van der Waals surface area contributed by atoms with Crippen molar-refractivity contribution >= 4 is 10.9 Å². The Balaban J connectivity index is 1.81. The third-order valence-electron chi connectivity index (χ3n) is 4.24. The Morgan fingerprint density at radius 3 is 2.46 bits per heavy atom. The van der Waals surface area contributed by atoms with Crippen molar-refractivity contribution < 1.29 is 4.74 Å². The van der Waals surface area contributed by atoms with E-state index in [0.29, 0.717) is 5.88 Å². The lowest BCUT2D eigenvalue weighted by Gasteiger charge is -2.05. The molecule has 118 valence electrons. The number of para-hydroxylation sites is 1. The van der Waals surface area contributed by atoms with Crippen LogP contribution in [0, 0.1) is 0 Å². The Labute approximate surface area is 141 Å². The molecule has 2 heterocycles. The van der Waals surface area contributed by atoms with Crippen LogP contribution in [0.25, 0.3) is 22.0 Å². The second-order valence-corrected chi connectivity index (χ2v) is 5.76. The predicted octanol–water partition coefficient (Wildman–Crippen LogP) is 4.76. The average molecular weight is 314 g/mol. The van der Waals surface area contributed by atoms with Crippen molar-refractivity contribution in [2.24, 2.45) is 0 Å². The number of aromatic nitrogens is 2. The molecular formula is C21H18N2O. The standard InChI is InChI=1S/C21H18N2O/c1-24-21-12-11-17(13-22-21)19-15-23(14-16-7-3-2-4-8-16)20-10-6-5-9-18(19)20/h2-13,15H,14H2,1H3. The zero-order chi connectivity index (χ0) is 16.4. The van der Waals surface area contributed by atoms with Crippen molar-refractivity contribution in [3.8, 4) is 17.0 Å². The molecule has 0 spiro atoms. The van der Waals surface area contributed by atoms with Crippen LogP contribution in [0.3, 0.4) is 0 Å². The molecule has 3 heteroatoms. The summed E-state index contributed by atoms with van der Waals surface area (Å²) in [6, 6.07) is 23.0. The van der Waals surface area contributed by atoms with Crippen molar-refractivity contribution in [1.82, 2.24) is 9.55 Å². The lowest BCUT2D eigenvalue weighted by molar-refractivity contribution is 0.398. The number of hydrogen-bond acceptors (Lipinski definition) is 2. The summed E-state index contributed by atoms with van der Waals surface area (Å²) in [6.45, 7) is 0.852. The summed E-state index contributed by atoms with van der Waals surface area (Å²) in [5.41, 5.74) is 4.81. The number of methoxy groups -OCH3 is 1. The van der Waals surface area contributed by atoms with E-state index < -0.39 is 0 Å². The normalized spacial score (nSPS) is 10.9. The highest BCUT2D eigenvalue weighted by atomic mass is 16.5. The van der Waals surface area contributed by atoms with E-state index in [2.05, 4.69) is 70.3 Å². The van der Waals surface area contributed by atoms with Gasteiger partial charge in [0.2, 0.25) is 5.88 Å². The maximum absolute atomic E-state index is 5.16. The molecule has 0 saturated carbocycles. The molecule has 0 aliphatic rings. The molecule has 2 aromatic heterocycles. The number of hydrogen-bond donors (Lipinski definition) is 0. The maximum Gasteiger partial charge on any atom is 0.212 e. The van der Waals surface area contributed by atoms with Gasteiger partial charge in [-0.15, -0.1) is 0 Å². The second kappa shape index (κ2) is 6.20. The third-order valence-corrected chi connectivity index (χ3v) is 4.24. The maximum atomic E-state index is 5.16. The first-order valence-electron chi connectivity index (χ1n) is 7.97. The van der Waals surface area contributed by atoms with Gasteiger partial charge in [-0.25, -0.2) is 4.98 Å². The Bertz CT molecular complexity index is 956. The Hall–Kier alpha value is -3.07. The Morgan fingerprint density at radius 1 is 0.917 bits per heavy atom. The van der Waals surface area contributed by atoms with Crippen LogP contribution in [0.5, 0.6) is 5.88 Å². The molecule has 0 unspecified atom stereocenters. The molecule has 0 radical (unpaired) electrons. The first-order chi connectivity index (χ1) is 11.8. The summed E-state index contributed by atoms with van der Waals surface area (Å²) in [5, 5.41) is 1.24. The summed E-state index contributed by atoms with van der Waals surface area (Å²) >= 11 is 0. The lowest BCUT2D eigenvalue weighted by atomic mass is 10.1. The molecule has 0 amide bonds. The smallest absolute Gasteiger partial charge is 0.212 e. The van der Waals surface area contributed by atoms with Gasteiger partial charge in [-0.1, -0.05) is 48.5 Å². The molecule has 0 aliphatic carbocycles. The van der Waals surface area contributed by atoms with Crippen molar-refractivity contribution in [2.45, 2.75) is 6.54 Å². The number of fused-ring (bicyclic) bond motifs is 1. The van der Waals surface area contributed by atoms with Gasteiger partial charge < -0.3 is 9.30 Å². The van der Waals surface area contributed by atoms with Gasteiger partial charge in [-0.05, 0) is 17.7 Å². The number of pyridine rings is 1. The van der Waals surface area contributed by atoms with Crippen molar-refractivity contribution in [2.75, 3.05) is 7.11 Å². The molecular weight excluding hydrogens is 296 g/mol. The van der Waals surface area contributed by atoms with Gasteiger partial charge in [0.25, 0.3) is 0 Å². The van der Waals surface area contributed by atoms with E-state index >= 15 is 0 Å². The average Bonchev–Trinajstić information content (AvgIpc) is 3.01. The van der Waals surface area contributed by atoms with Crippen molar-refractivity contribution in [3.05, 3.63) is 84.7 Å². The number of ether oxygens (including phenoxy) is 1. The molecule has 2 aromatic carbocycles. The molecule has 0 aliphatic heterocycles. The van der Waals surface area contributed by atoms with E-state index in [-0.39, 0.29) is 0 Å². The molecule has 0 N–H and O–H groups in total. The number of rotatable bonds is 4. The third kappa shape index (κ3) is 2.65.